The molecule has 0 aromatic rings. The van der Waals surface area contributed by atoms with Crippen LogP contribution in [0.25, 0.3) is 0 Å². The third kappa shape index (κ3) is 5.88. The minimum absolute atomic E-state index is 0.196. The average molecular weight is 105 g/mol. The molecule has 0 aliphatic heterocycles. The molecule has 0 spiro atoms. The zero-order valence-corrected chi connectivity index (χ0v) is 4.72. The lowest BCUT2D eigenvalue weighted by Gasteiger charge is -2.06. The summed E-state index contributed by atoms with van der Waals surface area (Å²) in [5, 5.41) is 8.07. The summed E-state index contributed by atoms with van der Waals surface area (Å²) in [6, 6.07) is 0. The van der Waals surface area contributed by atoms with Crippen molar-refractivity contribution in [1.29, 1.82) is 0 Å². The van der Waals surface area contributed by atoms with Crippen molar-refractivity contribution in [2.45, 2.75) is 0 Å². The lowest BCUT2D eigenvalue weighted by atomic mass is 10.9. The maximum absolute atomic E-state index is 8.07. The smallest absolute Gasteiger partial charge is 0.145 e. The van der Waals surface area contributed by atoms with Crippen LogP contribution in [-0.2, 0) is 4.74 Å². The summed E-state index contributed by atoms with van der Waals surface area (Å²) in [5.74, 6) is 0. The summed E-state index contributed by atoms with van der Waals surface area (Å²) in [6.45, 7) is 0.286. The largest absolute Gasteiger partial charge is 0.371 e. The van der Waals surface area contributed by atoms with E-state index in [2.05, 4.69) is 4.74 Å². The molecule has 0 aromatic heterocycles. The van der Waals surface area contributed by atoms with Crippen LogP contribution in [0, 0.1) is 0 Å². The summed E-state index contributed by atoms with van der Waals surface area (Å²) in [4.78, 5) is 1.83. The van der Waals surface area contributed by atoms with Crippen molar-refractivity contribution in [2.24, 2.45) is 0 Å². The van der Waals surface area contributed by atoms with Gasteiger partial charge in [-0.1, -0.05) is 0 Å². The Hall–Kier alpha value is -0.120. The van der Waals surface area contributed by atoms with E-state index in [1.165, 1.54) is 0 Å². The SMILES string of the molecule is CN(C)COCO. The molecular formula is C4H11NO2. The highest BCUT2D eigenvalue weighted by Crippen LogP contribution is 1.72. The third-order valence-corrected chi connectivity index (χ3v) is 0.441. The van der Waals surface area contributed by atoms with E-state index in [9.17, 15) is 0 Å². The monoisotopic (exact) mass is 105 g/mol. The van der Waals surface area contributed by atoms with Gasteiger partial charge < -0.3 is 9.84 Å². The first-order valence-corrected chi connectivity index (χ1v) is 2.10. The molecule has 0 saturated carbocycles. The van der Waals surface area contributed by atoms with Crippen LogP contribution in [0.1, 0.15) is 0 Å². The Balaban J connectivity index is 2.68. The summed E-state index contributed by atoms with van der Waals surface area (Å²) in [7, 11) is 3.74. The first-order valence-electron chi connectivity index (χ1n) is 2.10. The predicted molar refractivity (Wildman–Crippen MR) is 26.7 cm³/mol. The summed E-state index contributed by atoms with van der Waals surface area (Å²) >= 11 is 0. The van der Waals surface area contributed by atoms with Crippen LogP contribution in [0.4, 0.5) is 0 Å². The standard InChI is InChI=1S/C4H11NO2/c1-5(2)3-7-4-6/h6H,3-4H2,1-2H3. The van der Waals surface area contributed by atoms with Gasteiger partial charge in [0, 0.05) is 0 Å². The van der Waals surface area contributed by atoms with Crippen molar-refractivity contribution in [3.8, 4) is 0 Å². The molecule has 1 N–H and O–H groups in total. The molecular weight excluding hydrogens is 94.0 g/mol. The lowest BCUT2D eigenvalue weighted by Crippen LogP contribution is -2.16. The second-order valence-corrected chi connectivity index (χ2v) is 1.54. The van der Waals surface area contributed by atoms with E-state index in [0.29, 0.717) is 6.73 Å². The molecule has 0 amide bonds. The van der Waals surface area contributed by atoms with Gasteiger partial charge in [0.1, 0.15) is 13.5 Å². The van der Waals surface area contributed by atoms with Gasteiger partial charge in [-0.15, -0.1) is 0 Å². The van der Waals surface area contributed by atoms with E-state index < -0.39 is 0 Å². The summed E-state index contributed by atoms with van der Waals surface area (Å²) in [5.41, 5.74) is 0. The van der Waals surface area contributed by atoms with Crippen molar-refractivity contribution in [2.75, 3.05) is 27.6 Å². The quantitative estimate of drug-likeness (QED) is 0.490. The van der Waals surface area contributed by atoms with Gasteiger partial charge in [-0.3, -0.25) is 4.90 Å². The van der Waals surface area contributed by atoms with Gasteiger partial charge in [-0.05, 0) is 14.1 Å². The number of aliphatic hydroxyl groups is 1. The Morgan fingerprint density at radius 1 is 1.57 bits per heavy atom. The number of rotatable bonds is 3. The molecule has 0 aliphatic rings. The Kier molecular flexibility index (Phi) is 3.98. The van der Waals surface area contributed by atoms with Gasteiger partial charge in [0.05, 0.1) is 0 Å². The van der Waals surface area contributed by atoms with E-state index in [0.717, 1.165) is 0 Å². The van der Waals surface area contributed by atoms with Gasteiger partial charge in [0.25, 0.3) is 0 Å². The predicted octanol–water partition coefficient (Wildman–Crippen LogP) is -0.528. The molecule has 0 aromatic carbocycles. The minimum Gasteiger partial charge on any atom is -0.371 e. The maximum atomic E-state index is 8.07. The van der Waals surface area contributed by atoms with Gasteiger partial charge in [0.2, 0.25) is 0 Å². The van der Waals surface area contributed by atoms with Crippen molar-refractivity contribution in [1.82, 2.24) is 4.90 Å². The Labute approximate surface area is 43.5 Å². The highest BCUT2D eigenvalue weighted by molar-refractivity contribution is 4.21. The number of aliphatic hydroxyl groups excluding tert-OH is 1. The Morgan fingerprint density at radius 2 is 2.14 bits per heavy atom. The second kappa shape index (κ2) is 4.05. The van der Waals surface area contributed by atoms with Crippen molar-refractivity contribution in [3.05, 3.63) is 0 Å². The lowest BCUT2D eigenvalue weighted by molar-refractivity contribution is -0.0408. The Morgan fingerprint density at radius 3 is 2.29 bits per heavy atom. The fraction of sp³-hybridized carbons (Fsp3) is 1.00. The molecule has 3 nitrogen and oxygen atoms in total. The number of ether oxygens (including phenoxy) is 1. The average Bonchev–Trinajstić information content (AvgIpc) is 1.61. The molecule has 0 atom stereocenters. The normalized spacial score (nSPS) is 10.3. The topological polar surface area (TPSA) is 32.7 Å². The van der Waals surface area contributed by atoms with Crippen LogP contribution in [0.2, 0.25) is 0 Å². The molecule has 3 heteroatoms. The summed E-state index contributed by atoms with van der Waals surface area (Å²) in [6.07, 6.45) is 0. The highest BCUT2D eigenvalue weighted by atomic mass is 16.6. The number of hydrogen-bond acceptors (Lipinski definition) is 3. The van der Waals surface area contributed by atoms with Gasteiger partial charge in [-0.2, -0.15) is 0 Å². The fourth-order valence-electron chi connectivity index (χ4n) is 0.223. The van der Waals surface area contributed by atoms with E-state index in [-0.39, 0.29) is 6.79 Å². The first-order chi connectivity index (χ1) is 3.27. The highest BCUT2D eigenvalue weighted by Gasteiger charge is 1.83. The Bertz CT molecular complexity index is 38.7. The minimum atomic E-state index is -0.196. The van der Waals surface area contributed by atoms with Crippen LogP contribution in [-0.4, -0.2) is 37.6 Å². The molecule has 0 rings (SSSR count). The van der Waals surface area contributed by atoms with Crippen molar-refractivity contribution < 1.29 is 9.84 Å². The molecule has 0 fully saturated rings. The number of hydrogen-bond donors (Lipinski definition) is 1. The van der Waals surface area contributed by atoms with Crippen LogP contribution >= 0.6 is 0 Å². The molecule has 44 valence electrons. The summed E-state index contributed by atoms with van der Waals surface area (Å²) < 4.78 is 4.58. The van der Waals surface area contributed by atoms with E-state index in [1.807, 2.05) is 19.0 Å². The van der Waals surface area contributed by atoms with Crippen LogP contribution in [0.5, 0.6) is 0 Å². The van der Waals surface area contributed by atoms with Crippen LogP contribution < -0.4 is 0 Å². The number of nitrogens with zero attached hydrogens (tertiary/aromatic N) is 1. The van der Waals surface area contributed by atoms with E-state index in [1.54, 1.807) is 0 Å². The molecule has 0 radical (unpaired) electrons. The molecule has 0 aliphatic carbocycles. The van der Waals surface area contributed by atoms with Crippen LogP contribution in [0.3, 0.4) is 0 Å². The van der Waals surface area contributed by atoms with Gasteiger partial charge in [-0.25, -0.2) is 0 Å². The zero-order chi connectivity index (χ0) is 5.70. The third-order valence-electron chi connectivity index (χ3n) is 0.441. The molecule has 0 unspecified atom stereocenters. The van der Waals surface area contributed by atoms with Crippen molar-refractivity contribution in [3.63, 3.8) is 0 Å². The maximum Gasteiger partial charge on any atom is 0.145 e. The molecule has 0 heterocycles. The first kappa shape index (κ1) is 6.88. The zero-order valence-electron chi connectivity index (χ0n) is 4.72. The molecule has 7 heavy (non-hydrogen) atoms. The van der Waals surface area contributed by atoms with Crippen LogP contribution in [0.15, 0.2) is 0 Å². The van der Waals surface area contributed by atoms with E-state index in [4.69, 9.17) is 5.11 Å². The van der Waals surface area contributed by atoms with Crippen molar-refractivity contribution >= 4 is 0 Å². The van der Waals surface area contributed by atoms with Gasteiger partial charge in [0.15, 0.2) is 0 Å². The second-order valence-electron chi connectivity index (χ2n) is 1.54. The molecule has 0 saturated heterocycles. The molecule has 0 bridgehead atoms. The van der Waals surface area contributed by atoms with E-state index >= 15 is 0 Å². The van der Waals surface area contributed by atoms with Gasteiger partial charge >= 0.3 is 0 Å². The fourth-order valence-corrected chi connectivity index (χ4v) is 0.223.